The number of carbonyl (C=O) groups excluding carboxylic acids is 1. The molecule has 1 aromatic carbocycles. The normalized spacial score (nSPS) is 10.6. The van der Waals surface area contributed by atoms with Crippen LogP contribution in [0.5, 0.6) is 5.75 Å². The van der Waals surface area contributed by atoms with Crippen LogP contribution in [0.15, 0.2) is 16.6 Å². The standard InChI is InChI=1S/C12H12Br2F2O3/c1-2-18-11(17)4-7-3-8(14)5-10(9(7)6-13)19-12(15)16/h3,5,12H,2,4,6H2,1H3. The van der Waals surface area contributed by atoms with Crippen molar-refractivity contribution in [1.82, 2.24) is 0 Å². The Morgan fingerprint density at radius 1 is 1.42 bits per heavy atom. The largest absolute Gasteiger partial charge is 0.466 e. The van der Waals surface area contributed by atoms with Gasteiger partial charge < -0.3 is 9.47 Å². The van der Waals surface area contributed by atoms with Gasteiger partial charge in [0.2, 0.25) is 0 Å². The topological polar surface area (TPSA) is 35.5 Å². The lowest BCUT2D eigenvalue weighted by Gasteiger charge is -2.14. The Hall–Kier alpha value is -0.690. The van der Waals surface area contributed by atoms with Crippen molar-refractivity contribution in [3.8, 4) is 5.75 Å². The highest BCUT2D eigenvalue weighted by Crippen LogP contribution is 2.31. The smallest absolute Gasteiger partial charge is 0.387 e. The van der Waals surface area contributed by atoms with Crippen LogP contribution in [-0.4, -0.2) is 19.2 Å². The Morgan fingerprint density at radius 2 is 2.11 bits per heavy atom. The summed E-state index contributed by atoms with van der Waals surface area (Å²) in [5, 5.41) is 0.303. The summed E-state index contributed by atoms with van der Waals surface area (Å²) in [6.45, 7) is -0.936. The fourth-order valence-electron chi connectivity index (χ4n) is 1.54. The molecular weight excluding hydrogens is 390 g/mol. The summed E-state index contributed by atoms with van der Waals surface area (Å²) in [6, 6.07) is 3.13. The third kappa shape index (κ3) is 5.06. The predicted molar refractivity (Wildman–Crippen MR) is 73.7 cm³/mol. The lowest BCUT2D eigenvalue weighted by atomic mass is 10.0. The Kier molecular flexibility index (Phi) is 6.71. The molecule has 0 aliphatic carbocycles. The number of esters is 1. The molecule has 0 atom stereocenters. The van der Waals surface area contributed by atoms with Crippen molar-refractivity contribution in [2.45, 2.75) is 25.3 Å². The minimum Gasteiger partial charge on any atom is -0.466 e. The summed E-state index contributed by atoms with van der Waals surface area (Å²) in [5.41, 5.74) is 1.09. The van der Waals surface area contributed by atoms with E-state index in [4.69, 9.17) is 4.74 Å². The van der Waals surface area contributed by atoms with Crippen LogP contribution in [0.3, 0.4) is 0 Å². The highest BCUT2D eigenvalue weighted by Gasteiger charge is 2.16. The molecule has 19 heavy (non-hydrogen) atoms. The van der Waals surface area contributed by atoms with E-state index in [1.807, 2.05) is 0 Å². The predicted octanol–water partition coefficient (Wildman–Crippen LogP) is 4.05. The maximum absolute atomic E-state index is 12.3. The molecule has 0 heterocycles. The highest BCUT2D eigenvalue weighted by atomic mass is 79.9. The van der Waals surface area contributed by atoms with E-state index >= 15 is 0 Å². The molecule has 0 saturated heterocycles. The molecule has 0 spiro atoms. The molecule has 0 N–H and O–H groups in total. The number of benzene rings is 1. The number of hydrogen-bond acceptors (Lipinski definition) is 3. The summed E-state index contributed by atoms with van der Waals surface area (Å²) in [5.74, 6) is -0.369. The van der Waals surface area contributed by atoms with E-state index in [1.54, 1.807) is 13.0 Å². The maximum Gasteiger partial charge on any atom is 0.387 e. The average molecular weight is 402 g/mol. The van der Waals surface area contributed by atoms with Gasteiger partial charge in [0.1, 0.15) is 5.75 Å². The number of hydrogen-bond donors (Lipinski definition) is 0. The zero-order valence-corrected chi connectivity index (χ0v) is 13.3. The lowest BCUT2D eigenvalue weighted by Crippen LogP contribution is -2.11. The number of rotatable bonds is 6. The van der Waals surface area contributed by atoms with Crippen molar-refractivity contribution in [2.75, 3.05) is 6.61 Å². The van der Waals surface area contributed by atoms with E-state index in [0.717, 1.165) is 0 Å². The molecule has 7 heteroatoms. The first-order valence-corrected chi connectivity index (χ1v) is 7.37. The molecule has 0 radical (unpaired) electrons. The van der Waals surface area contributed by atoms with Crippen LogP contribution < -0.4 is 4.74 Å². The number of carbonyl (C=O) groups is 1. The Morgan fingerprint density at radius 3 is 2.63 bits per heavy atom. The molecule has 0 bridgehead atoms. The van der Waals surface area contributed by atoms with Gasteiger partial charge >= 0.3 is 12.6 Å². The number of ether oxygens (including phenoxy) is 2. The number of alkyl halides is 3. The summed E-state index contributed by atoms with van der Waals surface area (Å²) < 4.78 is 34.5. The van der Waals surface area contributed by atoms with Crippen LogP contribution in [0.4, 0.5) is 8.78 Å². The first kappa shape index (κ1) is 16.4. The van der Waals surface area contributed by atoms with Gasteiger partial charge in [0.25, 0.3) is 0 Å². The summed E-state index contributed by atoms with van der Waals surface area (Å²) in [4.78, 5) is 11.5. The zero-order chi connectivity index (χ0) is 14.4. The molecule has 0 unspecified atom stereocenters. The number of halogens is 4. The molecule has 3 nitrogen and oxygen atoms in total. The second-order valence-corrected chi connectivity index (χ2v) is 5.01. The van der Waals surface area contributed by atoms with Gasteiger partial charge in [-0.3, -0.25) is 4.79 Å². The highest BCUT2D eigenvalue weighted by molar-refractivity contribution is 9.10. The second kappa shape index (κ2) is 7.79. The van der Waals surface area contributed by atoms with Gasteiger partial charge in [-0.2, -0.15) is 8.78 Å². The summed E-state index contributed by atoms with van der Waals surface area (Å²) in [7, 11) is 0. The SMILES string of the molecule is CCOC(=O)Cc1cc(Br)cc(OC(F)F)c1CBr. The van der Waals surface area contributed by atoms with Crippen LogP contribution in [0.25, 0.3) is 0 Å². The average Bonchev–Trinajstić information content (AvgIpc) is 2.27. The molecule has 1 aromatic rings. The van der Waals surface area contributed by atoms with Crippen molar-refractivity contribution in [2.24, 2.45) is 0 Å². The zero-order valence-electron chi connectivity index (χ0n) is 10.1. The molecule has 0 fully saturated rings. The van der Waals surface area contributed by atoms with Gasteiger partial charge in [-0.1, -0.05) is 31.9 Å². The fourth-order valence-corrected chi connectivity index (χ4v) is 2.66. The van der Waals surface area contributed by atoms with Crippen LogP contribution in [-0.2, 0) is 21.3 Å². The Balaban J connectivity index is 3.08. The van der Waals surface area contributed by atoms with E-state index in [1.165, 1.54) is 6.07 Å². The molecule has 0 amide bonds. The van der Waals surface area contributed by atoms with Crippen molar-refractivity contribution in [1.29, 1.82) is 0 Å². The van der Waals surface area contributed by atoms with Crippen LogP contribution in [0.2, 0.25) is 0 Å². The summed E-state index contributed by atoms with van der Waals surface area (Å²) in [6.07, 6.45) is 0.00775. The van der Waals surface area contributed by atoms with Crippen molar-refractivity contribution >= 4 is 37.8 Å². The van der Waals surface area contributed by atoms with Gasteiger partial charge in [0, 0.05) is 15.4 Å². The molecule has 106 valence electrons. The minimum atomic E-state index is -2.91. The minimum absolute atomic E-state index is 0.00775. The molecule has 0 aliphatic heterocycles. The second-order valence-electron chi connectivity index (χ2n) is 3.54. The lowest BCUT2D eigenvalue weighted by molar-refractivity contribution is -0.142. The van der Waals surface area contributed by atoms with Crippen LogP contribution in [0.1, 0.15) is 18.1 Å². The quantitative estimate of drug-likeness (QED) is 0.532. The molecule has 1 rings (SSSR count). The van der Waals surface area contributed by atoms with Crippen molar-refractivity contribution in [3.63, 3.8) is 0 Å². The fraction of sp³-hybridized carbons (Fsp3) is 0.417. The van der Waals surface area contributed by atoms with E-state index < -0.39 is 12.6 Å². The van der Waals surface area contributed by atoms with Crippen molar-refractivity contribution < 1.29 is 23.0 Å². The third-order valence-electron chi connectivity index (χ3n) is 2.26. The van der Waals surface area contributed by atoms with Crippen LogP contribution >= 0.6 is 31.9 Å². The van der Waals surface area contributed by atoms with Gasteiger partial charge in [-0.05, 0) is 24.6 Å². The van der Waals surface area contributed by atoms with Gasteiger partial charge in [-0.15, -0.1) is 0 Å². The monoisotopic (exact) mass is 400 g/mol. The Bertz CT molecular complexity index is 453. The molecule has 0 aromatic heterocycles. The molecule has 0 saturated carbocycles. The van der Waals surface area contributed by atoms with Gasteiger partial charge in [-0.25, -0.2) is 0 Å². The first-order valence-electron chi connectivity index (χ1n) is 5.45. The van der Waals surface area contributed by atoms with E-state index in [9.17, 15) is 13.6 Å². The Labute approximate surface area is 126 Å². The van der Waals surface area contributed by atoms with Crippen molar-refractivity contribution in [3.05, 3.63) is 27.7 Å². The van der Waals surface area contributed by atoms with Crippen LogP contribution in [0, 0.1) is 0 Å². The maximum atomic E-state index is 12.3. The van der Waals surface area contributed by atoms with Gasteiger partial charge in [0.15, 0.2) is 0 Å². The molecule has 0 aliphatic rings. The van der Waals surface area contributed by atoms with E-state index in [0.29, 0.717) is 20.9 Å². The van der Waals surface area contributed by atoms with Gasteiger partial charge in [0.05, 0.1) is 13.0 Å². The molecular formula is C12H12Br2F2O3. The third-order valence-corrected chi connectivity index (χ3v) is 3.27. The summed E-state index contributed by atoms with van der Waals surface area (Å²) >= 11 is 6.41. The van der Waals surface area contributed by atoms with E-state index in [-0.39, 0.29) is 18.8 Å². The first-order chi connectivity index (χ1) is 8.97. The van der Waals surface area contributed by atoms with E-state index in [2.05, 4.69) is 36.6 Å².